The molecule has 0 spiro atoms. The topological polar surface area (TPSA) is 146 Å². The molecule has 7 rings (SSSR count). The third-order valence-electron chi connectivity index (χ3n) is 10.1. The number of carbonyl (C=O) groups is 4. The molecule has 242 valence electrons. The number of hydrazine groups is 1. The molecule has 11 nitrogen and oxygen atoms in total. The monoisotopic (exact) mass is 661 g/mol. The molecule has 3 N–H and O–H groups in total. The third kappa shape index (κ3) is 4.35. The normalized spacial score (nSPS) is 28.1. The maximum atomic E-state index is 15.2. The molecule has 47 heavy (non-hydrogen) atoms. The second kappa shape index (κ2) is 11.1. The minimum Gasteiger partial charge on any atom is -0.508 e. The number of rotatable bonds is 6. The van der Waals surface area contributed by atoms with Crippen molar-refractivity contribution in [1.29, 1.82) is 0 Å². The van der Waals surface area contributed by atoms with Crippen molar-refractivity contribution < 1.29 is 43.4 Å². The summed E-state index contributed by atoms with van der Waals surface area (Å²) in [4.78, 5) is 56.1. The molecule has 1 saturated carbocycles. The van der Waals surface area contributed by atoms with Gasteiger partial charge in [0.2, 0.25) is 0 Å². The van der Waals surface area contributed by atoms with Crippen molar-refractivity contribution in [2.24, 2.45) is 23.7 Å². The van der Waals surface area contributed by atoms with E-state index >= 15 is 4.79 Å². The van der Waals surface area contributed by atoms with E-state index in [1.807, 2.05) is 0 Å². The maximum absolute atomic E-state index is 15.2. The molecular formula is C34H29ClFN3O8. The molecule has 2 heterocycles. The Labute approximate surface area is 273 Å². The zero-order valence-electron chi connectivity index (χ0n) is 25.1. The summed E-state index contributed by atoms with van der Waals surface area (Å²) >= 11 is 6.30. The lowest BCUT2D eigenvalue weighted by Gasteiger charge is -2.50. The van der Waals surface area contributed by atoms with E-state index in [4.69, 9.17) is 21.1 Å². The SMILES string of the molecule is COc1cc(O)cc(OC)c1C1C2=CCC3C(=O)N(O)C(=O)C3C2CC2C(=O)N(Nc3ccc(F)cc3)C(=O)C21c1ccc(Cl)cc1. The van der Waals surface area contributed by atoms with Gasteiger partial charge in [-0.3, -0.25) is 29.8 Å². The predicted octanol–water partition coefficient (Wildman–Crippen LogP) is 4.58. The number of fused-ring (bicyclic) bond motifs is 4. The van der Waals surface area contributed by atoms with E-state index in [-0.39, 0.29) is 40.8 Å². The number of halogens is 2. The summed E-state index contributed by atoms with van der Waals surface area (Å²) in [7, 11) is 2.78. The van der Waals surface area contributed by atoms with Gasteiger partial charge in [0.15, 0.2) is 0 Å². The Kier molecular flexibility index (Phi) is 7.25. The summed E-state index contributed by atoms with van der Waals surface area (Å²) in [5, 5.41) is 22.4. The third-order valence-corrected chi connectivity index (χ3v) is 10.3. The van der Waals surface area contributed by atoms with Crippen LogP contribution in [-0.2, 0) is 24.6 Å². The zero-order chi connectivity index (χ0) is 33.4. The van der Waals surface area contributed by atoms with Gasteiger partial charge in [-0.15, -0.1) is 0 Å². The Morgan fingerprint density at radius 1 is 0.915 bits per heavy atom. The summed E-state index contributed by atoms with van der Waals surface area (Å²) in [6.45, 7) is 0. The van der Waals surface area contributed by atoms with E-state index in [0.29, 0.717) is 21.7 Å². The van der Waals surface area contributed by atoms with Crippen LogP contribution in [0.25, 0.3) is 0 Å². The minimum absolute atomic E-state index is 0.0200. The molecule has 0 radical (unpaired) electrons. The van der Waals surface area contributed by atoms with Crippen molar-refractivity contribution in [3.05, 3.63) is 94.3 Å². The fraction of sp³-hybridized carbons (Fsp3) is 0.294. The number of carbonyl (C=O) groups excluding carboxylic acids is 4. The van der Waals surface area contributed by atoms with Gasteiger partial charge < -0.3 is 14.6 Å². The first-order valence-electron chi connectivity index (χ1n) is 14.9. The molecule has 2 saturated heterocycles. The average Bonchev–Trinajstić information content (AvgIpc) is 3.42. The summed E-state index contributed by atoms with van der Waals surface area (Å²) in [6, 6.07) is 14.4. The molecule has 13 heteroatoms. The van der Waals surface area contributed by atoms with Crippen LogP contribution < -0.4 is 14.9 Å². The number of aromatic hydroxyl groups is 1. The number of anilines is 1. The summed E-state index contributed by atoms with van der Waals surface area (Å²) < 4.78 is 25.3. The van der Waals surface area contributed by atoms with Crippen LogP contribution >= 0.6 is 11.6 Å². The largest absolute Gasteiger partial charge is 0.508 e. The lowest BCUT2D eigenvalue weighted by Crippen LogP contribution is -2.53. The highest BCUT2D eigenvalue weighted by atomic mass is 35.5. The van der Waals surface area contributed by atoms with Gasteiger partial charge >= 0.3 is 0 Å². The van der Waals surface area contributed by atoms with Crippen molar-refractivity contribution in [2.45, 2.75) is 24.2 Å². The Morgan fingerprint density at radius 2 is 1.55 bits per heavy atom. The molecule has 6 atom stereocenters. The quantitative estimate of drug-likeness (QED) is 0.196. The number of amides is 4. The van der Waals surface area contributed by atoms with Crippen LogP contribution in [0.15, 0.2) is 72.3 Å². The van der Waals surface area contributed by atoms with Crippen molar-refractivity contribution in [2.75, 3.05) is 19.6 Å². The van der Waals surface area contributed by atoms with Crippen LogP contribution in [0.5, 0.6) is 17.2 Å². The van der Waals surface area contributed by atoms with Gasteiger partial charge in [-0.25, -0.2) is 4.39 Å². The summed E-state index contributed by atoms with van der Waals surface area (Å²) in [5.41, 5.74) is 2.82. The van der Waals surface area contributed by atoms with Crippen molar-refractivity contribution in [3.8, 4) is 17.2 Å². The Balaban J connectivity index is 1.53. The summed E-state index contributed by atoms with van der Waals surface area (Å²) in [6.07, 6.45) is 1.88. The first-order valence-corrected chi connectivity index (χ1v) is 15.3. The van der Waals surface area contributed by atoms with Gasteiger partial charge in [0.1, 0.15) is 23.1 Å². The van der Waals surface area contributed by atoms with Gasteiger partial charge in [0.25, 0.3) is 23.6 Å². The van der Waals surface area contributed by atoms with Gasteiger partial charge in [-0.2, -0.15) is 10.1 Å². The standard InChI is InChI=1S/C34H29ClFN3O8/c1-46-25-13-20(40)14-26(47-2)28(25)29-21-11-12-22-27(32(43)39(45)30(22)41)23(21)15-24-31(42)38(37-19-9-7-18(36)8-10-19)33(44)34(24,29)16-3-5-17(35)6-4-16/h3-11,13-14,22-24,27,29,37,40,45H,12,15H2,1-2H3. The molecule has 0 bridgehead atoms. The van der Waals surface area contributed by atoms with Crippen molar-refractivity contribution >= 4 is 40.9 Å². The Hall–Kier alpha value is -4.94. The highest BCUT2D eigenvalue weighted by molar-refractivity contribution is 6.30. The number of phenolic OH excluding ortho intramolecular Hbond substituents is 1. The highest BCUT2D eigenvalue weighted by Crippen LogP contribution is 2.66. The fourth-order valence-corrected chi connectivity index (χ4v) is 8.29. The number of methoxy groups -OCH3 is 2. The van der Waals surface area contributed by atoms with Crippen LogP contribution in [0.3, 0.4) is 0 Å². The maximum Gasteiger partial charge on any atom is 0.260 e. The van der Waals surface area contributed by atoms with Crippen molar-refractivity contribution in [1.82, 2.24) is 10.1 Å². The van der Waals surface area contributed by atoms with E-state index < -0.39 is 64.5 Å². The van der Waals surface area contributed by atoms with Crippen LogP contribution in [0.2, 0.25) is 5.02 Å². The molecule has 6 unspecified atom stereocenters. The predicted molar refractivity (Wildman–Crippen MR) is 164 cm³/mol. The van der Waals surface area contributed by atoms with Gasteiger partial charge in [-0.1, -0.05) is 35.4 Å². The van der Waals surface area contributed by atoms with E-state index in [1.54, 1.807) is 30.3 Å². The molecule has 0 aromatic heterocycles. The molecular weight excluding hydrogens is 633 g/mol. The first-order chi connectivity index (χ1) is 22.5. The zero-order valence-corrected chi connectivity index (χ0v) is 25.9. The van der Waals surface area contributed by atoms with E-state index in [2.05, 4.69) is 5.43 Å². The number of nitrogens with one attached hydrogen (secondary N) is 1. The number of allylic oxidation sites excluding steroid dienone is 2. The highest BCUT2D eigenvalue weighted by Gasteiger charge is 2.71. The number of benzene rings is 3. The van der Waals surface area contributed by atoms with Gasteiger partial charge in [0.05, 0.1) is 43.1 Å². The van der Waals surface area contributed by atoms with Crippen LogP contribution in [0.1, 0.15) is 29.9 Å². The molecule has 2 aliphatic carbocycles. The molecule has 3 aromatic carbocycles. The molecule has 4 aliphatic rings. The van der Waals surface area contributed by atoms with Crippen molar-refractivity contribution in [3.63, 3.8) is 0 Å². The molecule has 4 amide bonds. The second-order valence-electron chi connectivity index (χ2n) is 12.1. The smallest absolute Gasteiger partial charge is 0.260 e. The van der Waals surface area contributed by atoms with E-state index in [9.17, 15) is 29.1 Å². The number of imide groups is 2. The Morgan fingerprint density at radius 3 is 2.17 bits per heavy atom. The van der Waals surface area contributed by atoms with E-state index in [1.165, 1.54) is 50.6 Å². The number of phenols is 1. The lowest BCUT2D eigenvalue weighted by atomic mass is 9.49. The number of hydrogen-bond donors (Lipinski definition) is 3. The molecule has 2 aliphatic heterocycles. The number of nitrogens with zero attached hydrogens (tertiary/aromatic N) is 2. The van der Waals surface area contributed by atoms with E-state index in [0.717, 1.165) is 5.01 Å². The second-order valence-corrected chi connectivity index (χ2v) is 12.6. The molecule has 3 fully saturated rings. The summed E-state index contributed by atoms with van der Waals surface area (Å²) in [5.74, 6) is -7.87. The minimum atomic E-state index is -1.69. The van der Waals surface area contributed by atoms with Crippen LogP contribution in [0, 0.1) is 29.5 Å². The lowest BCUT2D eigenvalue weighted by molar-refractivity contribution is -0.173. The number of ether oxygens (including phenoxy) is 2. The van der Waals surface area contributed by atoms with Gasteiger partial charge in [-0.05, 0) is 60.7 Å². The first kappa shape index (κ1) is 30.7. The average molecular weight is 662 g/mol. The number of hydrogen-bond acceptors (Lipinski definition) is 9. The Bertz CT molecular complexity index is 1840. The fourth-order valence-electron chi connectivity index (χ4n) is 8.16. The molecule has 3 aromatic rings. The van der Waals surface area contributed by atoms with Crippen LogP contribution in [0.4, 0.5) is 10.1 Å². The van der Waals surface area contributed by atoms with Crippen LogP contribution in [-0.4, -0.2) is 58.2 Å². The van der Waals surface area contributed by atoms with Gasteiger partial charge in [0, 0.05) is 28.6 Å². The number of hydroxylamine groups is 2.